The Labute approximate surface area is 87.1 Å². The van der Waals surface area contributed by atoms with Crippen LogP contribution in [0.15, 0.2) is 30.3 Å². The number of benzene rings is 1. The number of aromatic amines is 1. The van der Waals surface area contributed by atoms with Crippen LogP contribution in [0.4, 0.5) is 10.2 Å². The van der Waals surface area contributed by atoms with Gasteiger partial charge in [-0.05, 0) is 17.2 Å². The lowest BCUT2D eigenvalue weighted by molar-refractivity contribution is 0.495. The number of aryl methyl sites for hydroxylation is 1. The third-order valence-corrected chi connectivity index (χ3v) is 2.22. The molecule has 0 unspecified atom stereocenters. The number of alkyl halides is 1. The molecule has 0 amide bonds. The minimum Gasteiger partial charge on any atom is -0.382 e. The van der Waals surface area contributed by atoms with Crippen molar-refractivity contribution in [3.8, 4) is 11.3 Å². The van der Waals surface area contributed by atoms with E-state index < -0.39 is 0 Å². The van der Waals surface area contributed by atoms with Gasteiger partial charge < -0.3 is 5.73 Å². The Bertz CT molecular complexity index is 451. The van der Waals surface area contributed by atoms with Crippen molar-refractivity contribution >= 4 is 5.82 Å². The average Bonchev–Trinajstić information content (AvgIpc) is 2.66. The number of nitrogen functional groups attached to an aromatic ring is 1. The van der Waals surface area contributed by atoms with E-state index in [-0.39, 0.29) is 6.67 Å². The zero-order chi connectivity index (χ0) is 10.7. The number of rotatable bonds is 3. The van der Waals surface area contributed by atoms with Crippen LogP contribution in [0.25, 0.3) is 11.3 Å². The average molecular weight is 205 g/mol. The van der Waals surface area contributed by atoms with E-state index in [0.29, 0.717) is 12.2 Å². The fourth-order valence-electron chi connectivity index (χ4n) is 1.49. The number of nitrogens with zero attached hydrogens (tertiary/aromatic N) is 1. The summed E-state index contributed by atoms with van der Waals surface area (Å²) in [6.07, 6.45) is 0.442. The van der Waals surface area contributed by atoms with E-state index in [9.17, 15) is 4.39 Å². The summed E-state index contributed by atoms with van der Waals surface area (Å²) in [6.45, 7) is -0.339. The maximum atomic E-state index is 12.2. The van der Waals surface area contributed by atoms with E-state index >= 15 is 0 Å². The third kappa shape index (κ3) is 2.15. The summed E-state index contributed by atoms with van der Waals surface area (Å²) < 4.78 is 12.2. The highest BCUT2D eigenvalue weighted by Crippen LogP contribution is 2.19. The van der Waals surface area contributed by atoms with Crippen molar-refractivity contribution < 1.29 is 4.39 Å². The second-order valence-electron chi connectivity index (χ2n) is 3.35. The van der Waals surface area contributed by atoms with E-state index in [4.69, 9.17) is 5.73 Å². The number of hydrogen-bond acceptors (Lipinski definition) is 2. The Morgan fingerprint density at radius 3 is 2.87 bits per heavy atom. The molecule has 0 saturated heterocycles. The highest BCUT2D eigenvalue weighted by molar-refractivity contribution is 5.62. The van der Waals surface area contributed by atoms with Crippen LogP contribution in [-0.4, -0.2) is 16.9 Å². The maximum Gasteiger partial charge on any atom is 0.145 e. The number of aromatic nitrogens is 2. The van der Waals surface area contributed by atoms with Gasteiger partial charge in [-0.25, -0.2) is 0 Å². The maximum absolute atomic E-state index is 12.2. The van der Waals surface area contributed by atoms with Crippen molar-refractivity contribution in [2.75, 3.05) is 12.4 Å². The molecule has 0 fully saturated rings. The molecule has 0 aliphatic heterocycles. The molecule has 0 bridgehead atoms. The topological polar surface area (TPSA) is 54.7 Å². The molecule has 0 atom stereocenters. The molecule has 0 aliphatic rings. The molecule has 0 spiro atoms. The third-order valence-electron chi connectivity index (χ3n) is 2.22. The summed E-state index contributed by atoms with van der Waals surface area (Å²) in [5, 5.41) is 6.67. The van der Waals surface area contributed by atoms with Gasteiger partial charge in [0.15, 0.2) is 0 Å². The van der Waals surface area contributed by atoms with Crippen LogP contribution >= 0.6 is 0 Å². The molecule has 0 radical (unpaired) electrons. The second-order valence-corrected chi connectivity index (χ2v) is 3.35. The monoisotopic (exact) mass is 205 g/mol. The molecule has 78 valence electrons. The molecular weight excluding hydrogens is 193 g/mol. The van der Waals surface area contributed by atoms with Gasteiger partial charge in [0, 0.05) is 12.5 Å². The van der Waals surface area contributed by atoms with Gasteiger partial charge in [0.2, 0.25) is 0 Å². The van der Waals surface area contributed by atoms with Gasteiger partial charge in [-0.3, -0.25) is 9.49 Å². The Morgan fingerprint density at radius 1 is 1.33 bits per heavy atom. The van der Waals surface area contributed by atoms with Gasteiger partial charge in [-0.2, -0.15) is 5.10 Å². The summed E-state index contributed by atoms with van der Waals surface area (Å²) in [4.78, 5) is 0. The first-order valence-electron chi connectivity index (χ1n) is 4.76. The van der Waals surface area contributed by atoms with Crippen LogP contribution in [0, 0.1) is 0 Å². The number of hydrogen-bond donors (Lipinski definition) is 2. The zero-order valence-electron chi connectivity index (χ0n) is 8.20. The highest BCUT2D eigenvalue weighted by Gasteiger charge is 2.02. The minimum absolute atomic E-state index is 0.339. The van der Waals surface area contributed by atoms with Crippen LogP contribution < -0.4 is 5.73 Å². The second kappa shape index (κ2) is 4.13. The number of nitrogens with two attached hydrogens (primary N) is 1. The van der Waals surface area contributed by atoms with Crippen LogP contribution in [0.2, 0.25) is 0 Å². The normalized spacial score (nSPS) is 10.5. The van der Waals surface area contributed by atoms with Gasteiger partial charge in [0.1, 0.15) is 5.82 Å². The van der Waals surface area contributed by atoms with Gasteiger partial charge in [0.05, 0.1) is 12.4 Å². The quantitative estimate of drug-likeness (QED) is 0.806. The smallest absolute Gasteiger partial charge is 0.145 e. The Hall–Kier alpha value is -1.84. The molecule has 3 N–H and O–H groups in total. The van der Waals surface area contributed by atoms with Crippen LogP contribution in [-0.2, 0) is 6.42 Å². The zero-order valence-corrected chi connectivity index (χ0v) is 8.20. The first kappa shape index (κ1) is 9.71. The lowest BCUT2D eigenvalue weighted by Gasteiger charge is -2.00. The SMILES string of the molecule is Nc1cc(-c2cccc(CCF)c2)[nH]n1. The largest absolute Gasteiger partial charge is 0.382 e. The van der Waals surface area contributed by atoms with E-state index in [1.807, 2.05) is 24.3 Å². The summed E-state index contributed by atoms with van der Waals surface area (Å²) in [7, 11) is 0. The van der Waals surface area contributed by atoms with E-state index in [1.165, 1.54) is 0 Å². The standard InChI is InChI=1S/C11H12FN3/c12-5-4-8-2-1-3-9(6-8)10-7-11(13)15-14-10/h1-3,6-7H,4-5H2,(H3,13,14,15). The Morgan fingerprint density at radius 2 is 2.20 bits per heavy atom. The van der Waals surface area contributed by atoms with Gasteiger partial charge in [-0.15, -0.1) is 0 Å². The van der Waals surface area contributed by atoms with Crippen molar-refractivity contribution in [2.24, 2.45) is 0 Å². The number of H-pyrrole nitrogens is 1. The molecule has 1 aromatic heterocycles. The summed E-state index contributed by atoms with van der Waals surface area (Å²) in [6, 6.07) is 9.44. The van der Waals surface area contributed by atoms with Crippen molar-refractivity contribution in [1.82, 2.24) is 10.2 Å². The molecule has 0 saturated carbocycles. The fourth-order valence-corrected chi connectivity index (χ4v) is 1.49. The van der Waals surface area contributed by atoms with Gasteiger partial charge in [-0.1, -0.05) is 18.2 Å². The first-order valence-corrected chi connectivity index (χ1v) is 4.76. The molecule has 1 aromatic carbocycles. The van der Waals surface area contributed by atoms with Crippen molar-refractivity contribution in [3.63, 3.8) is 0 Å². The van der Waals surface area contributed by atoms with E-state index in [2.05, 4.69) is 10.2 Å². The summed E-state index contributed by atoms with van der Waals surface area (Å²) in [5.41, 5.74) is 8.32. The van der Waals surface area contributed by atoms with Crippen molar-refractivity contribution in [2.45, 2.75) is 6.42 Å². The number of anilines is 1. The van der Waals surface area contributed by atoms with Gasteiger partial charge in [0.25, 0.3) is 0 Å². The molecule has 2 aromatic rings. The minimum atomic E-state index is -0.339. The lowest BCUT2D eigenvalue weighted by atomic mass is 10.1. The van der Waals surface area contributed by atoms with Gasteiger partial charge >= 0.3 is 0 Å². The molecule has 0 aliphatic carbocycles. The van der Waals surface area contributed by atoms with E-state index in [0.717, 1.165) is 16.8 Å². The van der Waals surface area contributed by atoms with Crippen molar-refractivity contribution in [1.29, 1.82) is 0 Å². The summed E-state index contributed by atoms with van der Waals surface area (Å²) in [5.74, 6) is 0.459. The Balaban J connectivity index is 2.32. The molecule has 1 heterocycles. The molecule has 4 heteroatoms. The fraction of sp³-hybridized carbons (Fsp3) is 0.182. The van der Waals surface area contributed by atoms with Crippen molar-refractivity contribution in [3.05, 3.63) is 35.9 Å². The van der Waals surface area contributed by atoms with Crippen LogP contribution in [0.5, 0.6) is 0 Å². The number of halogens is 1. The molecular formula is C11H12FN3. The lowest BCUT2D eigenvalue weighted by Crippen LogP contribution is -1.87. The predicted molar refractivity (Wildman–Crippen MR) is 58.1 cm³/mol. The summed E-state index contributed by atoms with van der Waals surface area (Å²) >= 11 is 0. The van der Waals surface area contributed by atoms with Crippen LogP contribution in [0.1, 0.15) is 5.56 Å². The van der Waals surface area contributed by atoms with Crippen LogP contribution in [0.3, 0.4) is 0 Å². The first-order chi connectivity index (χ1) is 7.29. The predicted octanol–water partition coefficient (Wildman–Crippen LogP) is 2.17. The molecule has 3 nitrogen and oxygen atoms in total. The number of nitrogens with one attached hydrogen (secondary N) is 1. The highest BCUT2D eigenvalue weighted by atomic mass is 19.1. The Kier molecular flexibility index (Phi) is 2.67. The molecule has 2 rings (SSSR count). The molecule has 15 heavy (non-hydrogen) atoms. The van der Waals surface area contributed by atoms with E-state index in [1.54, 1.807) is 6.07 Å².